The van der Waals surface area contributed by atoms with Crippen LogP contribution in [-0.2, 0) is 13.6 Å². The van der Waals surface area contributed by atoms with E-state index in [4.69, 9.17) is 11.6 Å². The van der Waals surface area contributed by atoms with Crippen molar-refractivity contribution in [2.24, 2.45) is 7.05 Å². The van der Waals surface area contributed by atoms with Crippen molar-refractivity contribution in [3.63, 3.8) is 0 Å². The van der Waals surface area contributed by atoms with E-state index in [0.717, 1.165) is 34.8 Å². The van der Waals surface area contributed by atoms with Crippen LogP contribution in [0.3, 0.4) is 0 Å². The number of hydrogen-bond donors (Lipinski definition) is 2. The summed E-state index contributed by atoms with van der Waals surface area (Å²) < 4.78 is 2.06. The summed E-state index contributed by atoms with van der Waals surface area (Å²) in [6.45, 7) is 1.26. The largest absolute Gasteiger partial charge is 0.388 e. The van der Waals surface area contributed by atoms with Crippen molar-refractivity contribution in [1.29, 1.82) is 0 Å². The fourth-order valence-electron chi connectivity index (χ4n) is 2.52. The van der Waals surface area contributed by atoms with E-state index < -0.39 is 5.60 Å². The Morgan fingerprint density at radius 2 is 2.40 bits per heavy atom. The average Bonchev–Trinajstić information content (AvgIpc) is 2.95. The smallest absolute Gasteiger partial charge is 0.123 e. The number of aryl methyl sites for hydroxylation is 1. The molecule has 2 aromatic rings. The lowest BCUT2D eigenvalue weighted by Crippen LogP contribution is -2.40. The molecule has 1 aromatic carbocycles. The number of thioether (sulfide) groups is 1. The molecule has 3 rings (SSSR count). The Hall–Kier alpha value is -0.750. The Kier molecular flexibility index (Phi) is 3.95. The summed E-state index contributed by atoms with van der Waals surface area (Å²) in [5.41, 5.74) is 1.42. The van der Waals surface area contributed by atoms with Crippen LogP contribution in [0, 0.1) is 0 Å². The third kappa shape index (κ3) is 2.81. The minimum Gasteiger partial charge on any atom is -0.388 e. The Balaban J connectivity index is 1.70. The van der Waals surface area contributed by atoms with Gasteiger partial charge in [-0.3, -0.25) is 0 Å². The number of aliphatic hydroxyl groups is 1. The summed E-state index contributed by atoms with van der Waals surface area (Å²) in [7, 11) is 2.00. The predicted molar refractivity (Wildman–Crippen MR) is 84.3 cm³/mol. The molecule has 0 radical (unpaired) electrons. The van der Waals surface area contributed by atoms with Gasteiger partial charge in [0.15, 0.2) is 0 Å². The summed E-state index contributed by atoms with van der Waals surface area (Å²) in [6.07, 6.45) is 0.864. The Morgan fingerprint density at radius 3 is 3.15 bits per heavy atom. The van der Waals surface area contributed by atoms with Crippen LogP contribution >= 0.6 is 23.4 Å². The molecule has 1 atom stereocenters. The summed E-state index contributed by atoms with van der Waals surface area (Å²) >= 11 is 7.80. The van der Waals surface area contributed by atoms with E-state index in [9.17, 15) is 5.11 Å². The van der Waals surface area contributed by atoms with Gasteiger partial charge in [0.2, 0.25) is 0 Å². The van der Waals surface area contributed by atoms with Crippen molar-refractivity contribution >= 4 is 34.4 Å². The number of rotatable bonds is 4. The zero-order chi connectivity index (χ0) is 14.2. The maximum absolute atomic E-state index is 10.3. The van der Waals surface area contributed by atoms with E-state index in [1.54, 1.807) is 0 Å². The first-order valence-corrected chi connectivity index (χ1v) is 8.22. The lowest BCUT2D eigenvalue weighted by molar-refractivity contribution is 0.0672. The van der Waals surface area contributed by atoms with Crippen molar-refractivity contribution in [1.82, 2.24) is 14.9 Å². The number of fused-ring (bicyclic) bond motifs is 1. The van der Waals surface area contributed by atoms with Crippen molar-refractivity contribution in [3.05, 3.63) is 29.0 Å². The Labute approximate surface area is 127 Å². The van der Waals surface area contributed by atoms with E-state index in [1.165, 1.54) is 0 Å². The minimum atomic E-state index is -0.557. The van der Waals surface area contributed by atoms with Crippen molar-refractivity contribution in [2.75, 3.05) is 18.1 Å². The maximum atomic E-state index is 10.3. The number of benzene rings is 1. The van der Waals surface area contributed by atoms with Gasteiger partial charge < -0.3 is 15.0 Å². The number of hydrogen-bond acceptors (Lipinski definition) is 4. The van der Waals surface area contributed by atoms with Crippen LogP contribution in [-0.4, -0.2) is 38.3 Å². The molecule has 1 aliphatic rings. The van der Waals surface area contributed by atoms with Crippen LogP contribution < -0.4 is 5.32 Å². The second-order valence-corrected chi connectivity index (χ2v) is 6.89. The lowest BCUT2D eigenvalue weighted by Gasteiger charge is -2.21. The first-order chi connectivity index (χ1) is 9.57. The molecular weight excluding hydrogens is 294 g/mol. The summed E-state index contributed by atoms with van der Waals surface area (Å²) in [5.74, 6) is 2.82. The van der Waals surface area contributed by atoms with Crippen LogP contribution in [0.1, 0.15) is 12.2 Å². The zero-order valence-corrected chi connectivity index (χ0v) is 13.0. The molecule has 1 fully saturated rings. The molecule has 1 saturated heterocycles. The maximum Gasteiger partial charge on any atom is 0.123 e. The van der Waals surface area contributed by atoms with Gasteiger partial charge in [-0.05, 0) is 30.4 Å². The second kappa shape index (κ2) is 5.56. The summed E-state index contributed by atoms with van der Waals surface area (Å²) in [5, 5.41) is 14.3. The van der Waals surface area contributed by atoms with Gasteiger partial charge >= 0.3 is 0 Å². The molecule has 4 nitrogen and oxygen atoms in total. The Bertz CT molecular complexity index is 622. The van der Waals surface area contributed by atoms with Gasteiger partial charge in [0, 0.05) is 24.4 Å². The first-order valence-electron chi connectivity index (χ1n) is 6.69. The molecule has 6 heteroatoms. The standard InChI is InChI=1S/C14H18ClN3OS/c1-18-12-3-2-10(15)6-11(12)17-13(18)7-16-8-14(19)4-5-20-9-14/h2-3,6,16,19H,4-5,7-9H2,1H3. The molecular formula is C14H18ClN3OS. The highest BCUT2D eigenvalue weighted by atomic mass is 35.5. The predicted octanol–water partition coefficient (Wildman–Crippen LogP) is 2.18. The molecule has 108 valence electrons. The molecule has 0 saturated carbocycles. The molecule has 0 bridgehead atoms. The van der Waals surface area contributed by atoms with E-state index in [2.05, 4.69) is 14.9 Å². The van der Waals surface area contributed by atoms with Crippen LogP contribution in [0.4, 0.5) is 0 Å². The van der Waals surface area contributed by atoms with Gasteiger partial charge in [0.05, 0.1) is 23.2 Å². The third-order valence-corrected chi connectivity index (χ3v) is 5.22. The number of nitrogens with zero attached hydrogens (tertiary/aromatic N) is 2. The molecule has 2 N–H and O–H groups in total. The van der Waals surface area contributed by atoms with Gasteiger partial charge in [-0.2, -0.15) is 11.8 Å². The third-order valence-electron chi connectivity index (χ3n) is 3.76. The highest BCUT2D eigenvalue weighted by molar-refractivity contribution is 7.99. The second-order valence-electron chi connectivity index (χ2n) is 5.35. The normalized spacial score (nSPS) is 22.8. The van der Waals surface area contributed by atoms with Gasteiger partial charge in [-0.1, -0.05) is 11.6 Å². The van der Waals surface area contributed by atoms with Crippen LogP contribution in [0.25, 0.3) is 11.0 Å². The zero-order valence-electron chi connectivity index (χ0n) is 11.4. The monoisotopic (exact) mass is 311 g/mol. The van der Waals surface area contributed by atoms with Crippen LogP contribution in [0.2, 0.25) is 5.02 Å². The average molecular weight is 312 g/mol. The van der Waals surface area contributed by atoms with Gasteiger partial charge in [-0.25, -0.2) is 4.98 Å². The molecule has 0 amide bonds. The van der Waals surface area contributed by atoms with Gasteiger partial charge in [0.1, 0.15) is 5.82 Å². The molecule has 20 heavy (non-hydrogen) atoms. The SMILES string of the molecule is Cn1c(CNCC2(O)CCSC2)nc2cc(Cl)ccc21. The number of halogens is 1. The van der Waals surface area contributed by atoms with Crippen molar-refractivity contribution < 1.29 is 5.11 Å². The molecule has 1 unspecified atom stereocenters. The Morgan fingerprint density at radius 1 is 1.55 bits per heavy atom. The summed E-state index contributed by atoms with van der Waals surface area (Å²) in [4.78, 5) is 4.59. The van der Waals surface area contributed by atoms with Gasteiger partial charge in [-0.15, -0.1) is 0 Å². The fraction of sp³-hybridized carbons (Fsp3) is 0.500. The van der Waals surface area contributed by atoms with Gasteiger partial charge in [0.25, 0.3) is 0 Å². The number of imidazole rings is 1. The highest BCUT2D eigenvalue weighted by Crippen LogP contribution is 2.27. The number of nitrogens with one attached hydrogen (secondary N) is 1. The van der Waals surface area contributed by atoms with Crippen molar-refractivity contribution in [3.8, 4) is 0 Å². The van der Waals surface area contributed by atoms with Crippen molar-refractivity contribution in [2.45, 2.75) is 18.6 Å². The highest BCUT2D eigenvalue weighted by Gasteiger charge is 2.31. The number of aromatic nitrogens is 2. The lowest BCUT2D eigenvalue weighted by atomic mass is 10.0. The van der Waals surface area contributed by atoms with E-state index in [-0.39, 0.29) is 0 Å². The van der Waals surface area contributed by atoms with Crippen LogP contribution in [0.5, 0.6) is 0 Å². The van der Waals surface area contributed by atoms with E-state index in [0.29, 0.717) is 18.1 Å². The quantitative estimate of drug-likeness (QED) is 0.909. The molecule has 1 aromatic heterocycles. The first kappa shape index (κ1) is 14.2. The fourth-order valence-corrected chi connectivity index (χ4v) is 3.99. The van der Waals surface area contributed by atoms with Crippen LogP contribution in [0.15, 0.2) is 18.2 Å². The van der Waals surface area contributed by atoms with E-state index >= 15 is 0 Å². The molecule has 1 aliphatic heterocycles. The topological polar surface area (TPSA) is 50.1 Å². The molecule has 0 spiro atoms. The minimum absolute atomic E-state index is 0.557. The summed E-state index contributed by atoms with van der Waals surface area (Å²) in [6, 6.07) is 5.73. The molecule has 0 aliphatic carbocycles. The molecule has 2 heterocycles. The van der Waals surface area contributed by atoms with E-state index in [1.807, 2.05) is 37.0 Å².